The number of hydrogen-bond acceptors (Lipinski definition) is 3. The maximum Gasteiger partial charge on any atom is 0.138 e. The third-order valence-corrected chi connectivity index (χ3v) is 4.07. The molecule has 0 aromatic heterocycles. The molecule has 1 aromatic rings. The number of likely N-dealkylation sites (N-methyl/N-ethyl adjacent to an activating group) is 1. The first-order valence-corrected chi connectivity index (χ1v) is 6.17. The number of nitrogens with two attached hydrogens (primary N) is 1. The second-order valence-corrected chi connectivity index (χ2v) is 5.00. The predicted octanol–water partition coefficient (Wildman–Crippen LogP) is 1.82. The van der Waals surface area contributed by atoms with Gasteiger partial charge in [0.25, 0.3) is 0 Å². The van der Waals surface area contributed by atoms with E-state index in [2.05, 4.69) is 18.7 Å². The van der Waals surface area contributed by atoms with E-state index in [-0.39, 0.29) is 11.5 Å². The molecule has 17 heavy (non-hydrogen) atoms. The summed E-state index contributed by atoms with van der Waals surface area (Å²) in [5.74, 6) is 0. The largest absolute Gasteiger partial charge is 0.399 e. The first kappa shape index (κ1) is 12.1. The van der Waals surface area contributed by atoms with Crippen LogP contribution in [0.4, 0.5) is 5.69 Å². The van der Waals surface area contributed by atoms with Gasteiger partial charge in [-0.25, -0.2) is 0 Å². The van der Waals surface area contributed by atoms with Gasteiger partial charge < -0.3 is 10.5 Å². The highest BCUT2D eigenvalue weighted by Gasteiger charge is 2.44. The molecular formula is C14H20N2O. The molecule has 0 aliphatic carbocycles. The van der Waals surface area contributed by atoms with Crippen molar-refractivity contribution in [2.45, 2.75) is 31.7 Å². The van der Waals surface area contributed by atoms with Gasteiger partial charge in [0, 0.05) is 11.1 Å². The molecule has 1 aliphatic rings. The summed E-state index contributed by atoms with van der Waals surface area (Å²) >= 11 is 0. The molecule has 1 aromatic carbocycles. The van der Waals surface area contributed by atoms with Crippen molar-refractivity contribution in [2.24, 2.45) is 0 Å². The van der Waals surface area contributed by atoms with Gasteiger partial charge in [0.1, 0.15) is 6.29 Å². The summed E-state index contributed by atoms with van der Waals surface area (Å²) in [6, 6.07) is 7.90. The van der Waals surface area contributed by atoms with Crippen molar-refractivity contribution in [3.05, 3.63) is 29.8 Å². The Morgan fingerprint density at radius 1 is 1.47 bits per heavy atom. The van der Waals surface area contributed by atoms with Crippen molar-refractivity contribution in [1.82, 2.24) is 4.90 Å². The van der Waals surface area contributed by atoms with Gasteiger partial charge in [0.2, 0.25) is 0 Å². The van der Waals surface area contributed by atoms with Gasteiger partial charge in [-0.1, -0.05) is 26.0 Å². The van der Waals surface area contributed by atoms with Crippen molar-refractivity contribution >= 4 is 12.0 Å². The maximum absolute atomic E-state index is 11.4. The van der Waals surface area contributed by atoms with E-state index in [4.69, 9.17) is 5.73 Å². The fraction of sp³-hybridized carbons (Fsp3) is 0.500. The number of aldehydes is 1. The van der Waals surface area contributed by atoms with Crippen LogP contribution in [0.15, 0.2) is 24.3 Å². The number of rotatable bonds is 3. The average Bonchev–Trinajstić information content (AvgIpc) is 2.67. The van der Waals surface area contributed by atoms with E-state index in [9.17, 15) is 4.79 Å². The zero-order valence-electron chi connectivity index (χ0n) is 10.5. The molecule has 2 atom stereocenters. The predicted molar refractivity (Wildman–Crippen MR) is 69.9 cm³/mol. The van der Waals surface area contributed by atoms with Crippen LogP contribution in [0.5, 0.6) is 0 Å². The first-order valence-electron chi connectivity index (χ1n) is 6.17. The zero-order chi connectivity index (χ0) is 12.5. The molecule has 0 bridgehead atoms. The lowest BCUT2D eigenvalue weighted by atomic mass is 9.76. The topological polar surface area (TPSA) is 46.3 Å². The van der Waals surface area contributed by atoms with Crippen molar-refractivity contribution < 1.29 is 4.79 Å². The highest BCUT2D eigenvalue weighted by Crippen LogP contribution is 2.39. The van der Waals surface area contributed by atoms with Crippen LogP contribution in [0.1, 0.15) is 25.8 Å². The highest BCUT2D eigenvalue weighted by molar-refractivity contribution is 5.63. The Hall–Kier alpha value is -1.35. The minimum absolute atomic E-state index is 0.0175. The van der Waals surface area contributed by atoms with Gasteiger partial charge in [0.05, 0.1) is 6.04 Å². The smallest absolute Gasteiger partial charge is 0.138 e. The molecule has 0 amide bonds. The molecule has 0 spiro atoms. The van der Waals surface area contributed by atoms with Crippen LogP contribution in [0.3, 0.4) is 0 Å². The van der Waals surface area contributed by atoms with Crippen LogP contribution < -0.4 is 5.73 Å². The summed E-state index contributed by atoms with van der Waals surface area (Å²) in [5.41, 5.74) is 7.61. The van der Waals surface area contributed by atoms with Gasteiger partial charge in [-0.05, 0) is 37.2 Å². The molecule has 2 unspecified atom stereocenters. The summed E-state index contributed by atoms with van der Waals surface area (Å²) in [6.07, 6.45) is 2.11. The molecule has 0 saturated carbocycles. The van der Waals surface area contributed by atoms with Crippen LogP contribution in [0, 0.1) is 0 Å². The summed E-state index contributed by atoms with van der Waals surface area (Å²) in [6.45, 7) is 6.19. The molecule has 3 nitrogen and oxygen atoms in total. The summed E-state index contributed by atoms with van der Waals surface area (Å²) in [7, 11) is 0. The molecule has 1 saturated heterocycles. The minimum Gasteiger partial charge on any atom is -0.399 e. The van der Waals surface area contributed by atoms with Gasteiger partial charge in [-0.2, -0.15) is 0 Å². The number of anilines is 1. The number of benzene rings is 1. The van der Waals surface area contributed by atoms with E-state index in [0.29, 0.717) is 0 Å². The quantitative estimate of drug-likeness (QED) is 0.638. The Labute approximate surface area is 103 Å². The summed E-state index contributed by atoms with van der Waals surface area (Å²) < 4.78 is 0. The lowest BCUT2D eigenvalue weighted by Gasteiger charge is -2.31. The fourth-order valence-corrected chi connectivity index (χ4v) is 2.84. The van der Waals surface area contributed by atoms with E-state index in [1.54, 1.807) is 0 Å². The zero-order valence-corrected chi connectivity index (χ0v) is 10.5. The average molecular weight is 232 g/mol. The molecule has 92 valence electrons. The Balaban J connectivity index is 2.35. The van der Waals surface area contributed by atoms with Gasteiger partial charge >= 0.3 is 0 Å². The van der Waals surface area contributed by atoms with Gasteiger partial charge in [0.15, 0.2) is 0 Å². The lowest BCUT2D eigenvalue weighted by Crippen LogP contribution is -2.41. The molecule has 0 radical (unpaired) electrons. The number of likely N-dealkylation sites (tertiary alicyclic amines) is 1. The standard InChI is InChI=1S/C14H20N2O/c1-3-16-9-8-14(2,13(16)10-17)11-4-6-12(15)7-5-11/h4-7,10,13H,3,8-9,15H2,1-2H3. The van der Waals surface area contributed by atoms with E-state index in [1.165, 1.54) is 5.56 Å². The summed E-state index contributed by atoms with van der Waals surface area (Å²) in [4.78, 5) is 13.6. The Morgan fingerprint density at radius 2 is 2.12 bits per heavy atom. The molecule has 3 heteroatoms. The monoisotopic (exact) mass is 232 g/mol. The Kier molecular flexibility index (Phi) is 3.20. The van der Waals surface area contributed by atoms with Crippen molar-refractivity contribution in [1.29, 1.82) is 0 Å². The third kappa shape index (κ3) is 1.95. The van der Waals surface area contributed by atoms with E-state index >= 15 is 0 Å². The SMILES string of the molecule is CCN1CCC(C)(c2ccc(N)cc2)C1C=O. The van der Waals surface area contributed by atoms with Gasteiger partial charge in [-0.15, -0.1) is 0 Å². The minimum atomic E-state index is -0.0779. The van der Waals surface area contributed by atoms with E-state index in [1.807, 2.05) is 24.3 Å². The number of carbonyl (C=O) groups excluding carboxylic acids is 1. The molecule has 1 heterocycles. The van der Waals surface area contributed by atoms with Crippen LogP contribution in [-0.2, 0) is 10.2 Å². The first-order chi connectivity index (χ1) is 8.11. The normalized spacial score (nSPS) is 29.4. The van der Waals surface area contributed by atoms with Crippen molar-refractivity contribution in [3.8, 4) is 0 Å². The number of carbonyl (C=O) groups is 1. The Bertz CT molecular complexity index is 401. The molecular weight excluding hydrogens is 212 g/mol. The molecule has 2 rings (SSSR count). The Morgan fingerprint density at radius 3 is 2.65 bits per heavy atom. The second-order valence-electron chi connectivity index (χ2n) is 5.00. The van der Waals surface area contributed by atoms with Crippen LogP contribution >= 0.6 is 0 Å². The maximum atomic E-state index is 11.4. The number of hydrogen-bond donors (Lipinski definition) is 1. The summed E-state index contributed by atoms with van der Waals surface area (Å²) in [5, 5.41) is 0. The molecule has 1 fully saturated rings. The third-order valence-electron chi connectivity index (χ3n) is 4.07. The molecule has 1 aliphatic heterocycles. The second kappa shape index (κ2) is 4.49. The number of nitrogens with zero attached hydrogens (tertiary/aromatic N) is 1. The van der Waals surface area contributed by atoms with Crippen LogP contribution in [-0.4, -0.2) is 30.3 Å². The number of nitrogen functional groups attached to an aromatic ring is 1. The highest BCUT2D eigenvalue weighted by atomic mass is 16.1. The fourth-order valence-electron chi connectivity index (χ4n) is 2.84. The van der Waals surface area contributed by atoms with Crippen LogP contribution in [0.25, 0.3) is 0 Å². The van der Waals surface area contributed by atoms with Gasteiger partial charge in [-0.3, -0.25) is 4.90 Å². The van der Waals surface area contributed by atoms with E-state index in [0.717, 1.165) is 31.5 Å². The lowest BCUT2D eigenvalue weighted by molar-refractivity contribution is -0.112. The molecule has 2 N–H and O–H groups in total. The van der Waals surface area contributed by atoms with E-state index < -0.39 is 0 Å². The van der Waals surface area contributed by atoms with Crippen molar-refractivity contribution in [2.75, 3.05) is 18.8 Å². The van der Waals surface area contributed by atoms with Crippen LogP contribution in [0.2, 0.25) is 0 Å². The van der Waals surface area contributed by atoms with Crippen molar-refractivity contribution in [3.63, 3.8) is 0 Å².